The van der Waals surface area contributed by atoms with Gasteiger partial charge in [0.2, 0.25) is 5.91 Å². The van der Waals surface area contributed by atoms with Crippen molar-refractivity contribution in [1.29, 1.82) is 0 Å². The van der Waals surface area contributed by atoms with Gasteiger partial charge in [0.25, 0.3) is 0 Å². The maximum atomic E-state index is 11.6. The maximum Gasteiger partial charge on any atom is 0.328 e. The van der Waals surface area contributed by atoms with E-state index >= 15 is 0 Å². The predicted molar refractivity (Wildman–Crippen MR) is 53.7 cm³/mol. The highest BCUT2D eigenvalue weighted by Gasteiger charge is 2.28. The fourth-order valence-electron chi connectivity index (χ4n) is 0.788. The number of methoxy groups -OCH3 is 1. The molecular weight excluding hydrogens is 182 g/mol. The van der Waals surface area contributed by atoms with Gasteiger partial charge >= 0.3 is 5.97 Å². The van der Waals surface area contributed by atoms with Crippen molar-refractivity contribution in [3.63, 3.8) is 0 Å². The van der Waals surface area contributed by atoms with Crippen molar-refractivity contribution < 1.29 is 14.3 Å². The number of nitrogens with one attached hydrogen (secondary N) is 1. The lowest BCUT2D eigenvalue weighted by Gasteiger charge is -2.23. The summed E-state index contributed by atoms with van der Waals surface area (Å²) in [7, 11) is 1.30. The number of esters is 1. The molecular formula is C10H19NO3. The van der Waals surface area contributed by atoms with E-state index in [0.717, 1.165) is 6.42 Å². The summed E-state index contributed by atoms with van der Waals surface area (Å²) < 4.78 is 4.51. The summed E-state index contributed by atoms with van der Waals surface area (Å²) in [5.41, 5.74) is -0.442. The number of hydrogen-bond acceptors (Lipinski definition) is 3. The van der Waals surface area contributed by atoms with Gasteiger partial charge in [-0.25, -0.2) is 4.79 Å². The van der Waals surface area contributed by atoms with Crippen LogP contribution in [0.3, 0.4) is 0 Å². The molecule has 14 heavy (non-hydrogen) atoms. The monoisotopic (exact) mass is 201 g/mol. The predicted octanol–water partition coefficient (Wildman–Crippen LogP) is 1.10. The van der Waals surface area contributed by atoms with Gasteiger partial charge in [0.15, 0.2) is 0 Å². The molecule has 0 saturated carbocycles. The quantitative estimate of drug-likeness (QED) is 0.693. The molecule has 0 bridgehead atoms. The van der Waals surface area contributed by atoms with Gasteiger partial charge in [-0.1, -0.05) is 20.8 Å². The van der Waals surface area contributed by atoms with Crippen molar-refractivity contribution in [3.05, 3.63) is 0 Å². The first-order valence-electron chi connectivity index (χ1n) is 4.74. The lowest BCUT2D eigenvalue weighted by Crippen LogP contribution is -2.45. The molecule has 0 aromatic heterocycles. The number of ether oxygens (including phenoxy) is 1. The summed E-state index contributed by atoms with van der Waals surface area (Å²) in [4.78, 5) is 22.6. The van der Waals surface area contributed by atoms with Gasteiger partial charge in [-0.2, -0.15) is 0 Å². The minimum atomic E-state index is -0.585. The van der Waals surface area contributed by atoms with Crippen molar-refractivity contribution in [2.75, 3.05) is 7.11 Å². The Hall–Kier alpha value is -1.06. The molecule has 1 N–H and O–H groups in total. The van der Waals surface area contributed by atoms with E-state index in [0.29, 0.717) is 0 Å². The largest absolute Gasteiger partial charge is 0.467 e. The molecule has 1 atom stereocenters. The van der Waals surface area contributed by atoms with Crippen LogP contribution in [0.25, 0.3) is 0 Å². The SMILES string of the molecule is CCC(C)(C)C(=O)NC(C)C(=O)OC. The minimum Gasteiger partial charge on any atom is -0.467 e. The lowest BCUT2D eigenvalue weighted by atomic mass is 9.89. The Morgan fingerprint density at radius 1 is 1.43 bits per heavy atom. The van der Waals surface area contributed by atoms with E-state index in [2.05, 4.69) is 10.1 Å². The molecule has 4 nitrogen and oxygen atoms in total. The first-order chi connectivity index (χ1) is 6.35. The highest BCUT2D eigenvalue weighted by molar-refractivity contribution is 5.87. The molecule has 0 heterocycles. The topological polar surface area (TPSA) is 55.4 Å². The Morgan fingerprint density at radius 3 is 2.29 bits per heavy atom. The molecule has 1 unspecified atom stereocenters. The van der Waals surface area contributed by atoms with Crippen LogP contribution in [-0.2, 0) is 14.3 Å². The Balaban J connectivity index is 4.26. The van der Waals surface area contributed by atoms with Crippen LogP contribution in [0, 0.1) is 5.41 Å². The molecule has 82 valence electrons. The molecule has 0 aliphatic heterocycles. The summed E-state index contributed by atoms with van der Waals surface area (Å²) in [5, 5.41) is 2.61. The molecule has 0 radical (unpaired) electrons. The average Bonchev–Trinajstić information content (AvgIpc) is 2.16. The molecule has 0 aromatic carbocycles. The van der Waals surface area contributed by atoms with E-state index in [1.807, 2.05) is 20.8 Å². The Bertz CT molecular complexity index is 223. The van der Waals surface area contributed by atoms with Crippen molar-refractivity contribution in [3.8, 4) is 0 Å². The van der Waals surface area contributed by atoms with Crippen LogP contribution in [0.5, 0.6) is 0 Å². The van der Waals surface area contributed by atoms with Crippen LogP contribution in [0.15, 0.2) is 0 Å². The highest BCUT2D eigenvalue weighted by atomic mass is 16.5. The fraction of sp³-hybridized carbons (Fsp3) is 0.800. The molecule has 0 aliphatic rings. The Kier molecular flexibility index (Phi) is 4.60. The van der Waals surface area contributed by atoms with Crippen LogP contribution >= 0.6 is 0 Å². The van der Waals surface area contributed by atoms with Crippen LogP contribution in [0.1, 0.15) is 34.1 Å². The van der Waals surface area contributed by atoms with Crippen molar-refractivity contribution in [2.24, 2.45) is 5.41 Å². The second kappa shape index (κ2) is 4.98. The van der Waals surface area contributed by atoms with E-state index in [1.165, 1.54) is 7.11 Å². The third kappa shape index (κ3) is 3.36. The smallest absolute Gasteiger partial charge is 0.328 e. The second-order valence-corrected chi connectivity index (χ2v) is 3.96. The van der Waals surface area contributed by atoms with Gasteiger partial charge in [-0.15, -0.1) is 0 Å². The van der Waals surface area contributed by atoms with Gasteiger partial charge in [-0.3, -0.25) is 4.79 Å². The minimum absolute atomic E-state index is 0.127. The van der Waals surface area contributed by atoms with Crippen LogP contribution in [0.4, 0.5) is 0 Å². The second-order valence-electron chi connectivity index (χ2n) is 3.96. The summed E-state index contributed by atoms with van der Waals surface area (Å²) in [6.07, 6.45) is 0.729. The normalized spacial score (nSPS) is 13.2. The van der Waals surface area contributed by atoms with Crippen LogP contribution in [-0.4, -0.2) is 25.0 Å². The van der Waals surface area contributed by atoms with Crippen LogP contribution < -0.4 is 5.32 Å². The molecule has 0 saturated heterocycles. The summed E-state index contributed by atoms with van der Waals surface area (Å²) in [6.45, 7) is 7.22. The molecule has 0 rings (SSSR count). The zero-order valence-corrected chi connectivity index (χ0v) is 9.51. The zero-order chi connectivity index (χ0) is 11.4. The molecule has 0 fully saturated rings. The van der Waals surface area contributed by atoms with E-state index in [4.69, 9.17) is 0 Å². The van der Waals surface area contributed by atoms with Crippen LogP contribution in [0.2, 0.25) is 0 Å². The first kappa shape index (κ1) is 12.9. The van der Waals surface area contributed by atoms with Gasteiger partial charge in [-0.05, 0) is 13.3 Å². The summed E-state index contributed by atoms with van der Waals surface area (Å²) >= 11 is 0. The molecule has 0 aromatic rings. The van der Waals surface area contributed by atoms with Gasteiger partial charge < -0.3 is 10.1 Å². The van der Waals surface area contributed by atoms with Crippen molar-refractivity contribution in [2.45, 2.75) is 40.2 Å². The standard InChI is InChI=1S/C10H19NO3/c1-6-10(3,4)9(13)11-7(2)8(12)14-5/h7H,6H2,1-5H3,(H,11,13). The number of carbonyl (C=O) groups excluding carboxylic acids is 2. The third-order valence-electron chi connectivity index (χ3n) is 2.40. The maximum absolute atomic E-state index is 11.6. The molecule has 0 spiro atoms. The third-order valence-corrected chi connectivity index (χ3v) is 2.40. The highest BCUT2D eigenvalue weighted by Crippen LogP contribution is 2.19. The van der Waals surface area contributed by atoms with Gasteiger partial charge in [0, 0.05) is 5.41 Å². The lowest BCUT2D eigenvalue weighted by molar-refractivity contribution is -0.145. The van der Waals surface area contributed by atoms with Crippen molar-refractivity contribution in [1.82, 2.24) is 5.32 Å². The number of amides is 1. The van der Waals surface area contributed by atoms with Crippen molar-refractivity contribution >= 4 is 11.9 Å². The Labute approximate surface area is 85.0 Å². The van der Waals surface area contributed by atoms with E-state index in [1.54, 1.807) is 6.92 Å². The summed E-state index contributed by atoms with van der Waals surface area (Å²) in [6, 6.07) is -0.585. The number of rotatable bonds is 4. The number of hydrogen-bond donors (Lipinski definition) is 1. The van der Waals surface area contributed by atoms with Gasteiger partial charge in [0.1, 0.15) is 6.04 Å². The Morgan fingerprint density at radius 2 is 1.93 bits per heavy atom. The zero-order valence-electron chi connectivity index (χ0n) is 9.51. The van der Waals surface area contributed by atoms with E-state index < -0.39 is 17.4 Å². The van der Waals surface area contributed by atoms with E-state index in [-0.39, 0.29) is 5.91 Å². The van der Waals surface area contributed by atoms with Gasteiger partial charge in [0.05, 0.1) is 7.11 Å². The molecule has 0 aliphatic carbocycles. The number of carbonyl (C=O) groups is 2. The molecule has 4 heteroatoms. The fourth-order valence-corrected chi connectivity index (χ4v) is 0.788. The first-order valence-corrected chi connectivity index (χ1v) is 4.74. The molecule has 1 amide bonds. The average molecular weight is 201 g/mol. The summed E-state index contributed by atoms with van der Waals surface area (Å²) in [5.74, 6) is -0.553. The van der Waals surface area contributed by atoms with E-state index in [9.17, 15) is 9.59 Å².